The molecule has 70 valence electrons. The number of hydrogen-bond acceptors (Lipinski definition) is 2. The minimum atomic E-state index is 1.05. The molecule has 0 spiro atoms. The van der Waals surface area contributed by atoms with Crippen molar-refractivity contribution >= 4 is 0 Å². The maximum Gasteiger partial charge on any atom is 0.0454 e. The normalized spacial score (nSPS) is 10.1. The van der Waals surface area contributed by atoms with Crippen LogP contribution < -0.4 is 0 Å². The van der Waals surface area contributed by atoms with Crippen molar-refractivity contribution in [3.63, 3.8) is 0 Å². The van der Waals surface area contributed by atoms with Gasteiger partial charge in [-0.2, -0.15) is 0 Å². The van der Waals surface area contributed by atoms with Gasteiger partial charge >= 0.3 is 0 Å². The van der Waals surface area contributed by atoms with Crippen molar-refractivity contribution in [3.8, 4) is 11.1 Å². The molecule has 2 heterocycles. The van der Waals surface area contributed by atoms with Crippen LogP contribution in [0.3, 0.4) is 0 Å². The van der Waals surface area contributed by atoms with Crippen LogP contribution in [0, 0.1) is 13.8 Å². The van der Waals surface area contributed by atoms with E-state index in [0.29, 0.717) is 0 Å². The van der Waals surface area contributed by atoms with E-state index in [9.17, 15) is 0 Å². The fourth-order valence-corrected chi connectivity index (χ4v) is 1.64. The van der Waals surface area contributed by atoms with Gasteiger partial charge < -0.3 is 0 Å². The van der Waals surface area contributed by atoms with Crippen molar-refractivity contribution in [1.29, 1.82) is 0 Å². The Morgan fingerprint density at radius 2 is 1.93 bits per heavy atom. The predicted octanol–water partition coefficient (Wildman–Crippen LogP) is 2.76. The van der Waals surface area contributed by atoms with E-state index in [2.05, 4.69) is 23.0 Å². The summed E-state index contributed by atoms with van der Waals surface area (Å²) in [7, 11) is 0. The Kier molecular flexibility index (Phi) is 2.27. The van der Waals surface area contributed by atoms with Gasteiger partial charge in [0.05, 0.1) is 0 Å². The van der Waals surface area contributed by atoms with Crippen LogP contribution in [0.4, 0.5) is 0 Å². The van der Waals surface area contributed by atoms with Gasteiger partial charge in [-0.3, -0.25) is 9.97 Å². The average molecular weight is 184 g/mol. The van der Waals surface area contributed by atoms with Gasteiger partial charge in [0.25, 0.3) is 0 Å². The third-order valence-corrected chi connectivity index (χ3v) is 2.30. The van der Waals surface area contributed by atoms with Crippen molar-refractivity contribution in [3.05, 3.63) is 48.0 Å². The average Bonchev–Trinajstić information content (AvgIpc) is 2.19. The fourth-order valence-electron chi connectivity index (χ4n) is 1.64. The maximum absolute atomic E-state index is 4.29. The number of aryl methyl sites for hydroxylation is 2. The molecular formula is C12H12N2. The SMILES string of the molecule is Cc1ccnc(C)c1-c1cccnc1. The molecule has 0 bridgehead atoms. The van der Waals surface area contributed by atoms with E-state index in [1.807, 2.05) is 31.5 Å². The molecule has 0 atom stereocenters. The highest BCUT2D eigenvalue weighted by Gasteiger charge is 2.04. The number of aromatic nitrogens is 2. The van der Waals surface area contributed by atoms with Crippen molar-refractivity contribution in [2.24, 2.45) is 0 Å². The van der Waals surface area contributed by atoms with E-state index in [1.54, 1.807) is 6.20 Å². The maximum atomic E-state index is 4.29. The Morgan fingerprint density at radius 3 is 2.57 bits per heavy atom. The predicted molar refractivity (Wildman–Crippen MR) is 56.9 cm³/mol. The molecule has 0 fully saturated rings. The summed E-state index contributed by atoms with van der Waals surface area (Å²) in [5, 5.41) is 0. The second-order valence-electron chi connectivity index (χ2n) is 3.33. The van der Waals surface area contributed by atoms with Gasteiger partial charge in [0.1, 0.15) is 0 Å². The van der Waals surface area contributed by atoms with Crippen LogP contribution in [0.5, 0.6) is 0 Å². The summed E-state index contributed by atoms with van der Waals surface area (Å²) in [6.07, 6.45) is 5.49. The molecule has 0 amide bonds. The molecule has 2 rings (SSSR count). The Morgan fingerprint density at radius 1 is 1.07 bits per heavy atom. The summed E-state index contributed by atoms with van der Waals surface area (Å²) in [6.45, 7) is 4.12. The number of pyridine rings is 2. The molecule has 0 aliphatic rings. The zero-order valence-electron chi connectivity index (χ0n) is 8.36. The Labute approximate surface area is 83.7 Å². The third-order valence-electron chi connectivity index (χ3n) is 2.30. The van der Waals surface area contributed by atoms with Crippen LogP contribution in [0.15, 0.2) is 36.8 Å². The molecule has 2 nitrogen and oxygen atoms in total. The Balaban J connectivity index is 2.63. The molecule has 0 unspecified atom stereocenters. The smallest absolute Gasteiger partial charge is 0.0454 e. The van der Waals surface area contributed by atoms with Crippen LogP contribution in [-0.4, -0.2) is 9.97 Å². The summed E-state index contributed by atoms with van der Waals surface area (Å²) in [4.78, 5) is 8.40. The lowest BCUT2D eigenvalue weighted by atomic mass is 10.0. The monoisotopic (exact) mass is 184 g/mol. The molecule has 0 aliphatic carbocycles. The van der Waals surface area contributed by atoms with E-state index in [-0.39, 0.29) is 0 Å². The van der Waals surface area contributed by atoms with Gasteiger partial charge in [0, 0.05) is 35.4 Å². The standard InChI is InChI=1S/C12H12N2/c1-9-5-7-14-10(2)12(9)11-4-3-6-13-8-11/h3-8H,1-2H3. The topological polar surface area (TPSA) is 25.8 Å². The molecular weight excluding hydrogens is 172 g/mol. The molecule has 0 saturated carbocycles. The highest BCUT2D eigenvalue weighted by molar-refractivity contribution is 5.68. The van der Waals surface area contributed by atoms with E-state index >= 15 is 0 Å². The van der Waals surface area contributed by atoms with Crippen molar-refractivity contribution in [2.45, 2.75) is 13.8 Å². The van der Waals surface area contributed by atoms with E-state index in [1.165, 1.54) is 11.1 Å². The zero-order valence-corrected chi connectivity index (χ0v) is 8.36. The van der Waals surface area contributed by atoms with E-state index in [0.717, 1.165) is 11.3 Å². The lowest BCUT2D eigenvalue weighted by Crippen LogP contribution is -1.91. The lowest BCUT2D eigenvalue weighted by Gasteiger charge is -2.07. The van der Waals surface area contributed by atoms with Gasteiger partial charge in [-0.1, -0.05) is 6.07 Å². The Hall–Kier alpha value is -1.70. The van der Waals surface area contributed by atoms with E-state index in [4.69, 9.17) is 0 Å². The second-order valence-corrected chi connectivity index (χ2v) is 3.33. The first-order valence-corrected chi connectivity index (χ1v) is 4.61. The van der Waals surface area contributed by atoms with Crippen LogP contribution in [0.1, 0.15) is 11.3 Å². The molecule has 2 aromatic heterocycles. The van der Waals surface area contributed by atoms with Gasteiger partial charge in [-0.25, -0.2) is 0 Å². The second kappa shape index (κ2) is 3.58. The van der Waals surface area contributed by atoms with Crippen molar-refractivity contribution in [1.82, 2.24) is 9.97 Å². The molecule has 0 aromatic carbocycles. The number of hydrogen-bond donors (Lipinski definition) is 0. The first kappa shape index (κ1) is 8.88. The third kappa shape index (κ3) is 1.51. The van der Waals surface area contributed by atoms with Crippen molar-refractivity contribution in [2.75, 3.05) is 0 Å². The summed E-state index contributed by atoms with van der Waals surface area (Å²) < 4.78 is 0. The minimum absolute atomic E-state index is 1.05. The molecule has 0 radical (unpaired) electrons. The summed E-state index contributed by atoms with van der Waals surface area (Å²) in [6, 6.07) is 6.03. The fraction of sp³-hybridized carbons (Fsp3) is 0.167. The van der Waals surface area contributed by atoms with Crippen LogP contribution in [0.25, 0.3) is 11.1 Å². The zero-order chi connectivity index (χ0) is 9.97. The van der Waals surface area contributed by atoms with Gasteiger partial charge in [0.15, 0.2) is 0 Å². The van der Waals surface area contributed by atoms with Gasteiger partial charge in [0.2, 0.25) is 0 Å². The highest BCUT2D eigenvalue weighted by Crippen LogP contribution is 2.24. The van der Waals surface area contributed by atoms with E-state index < -0.39 is 0 Å². The summed E-state index contributed by atoms with van der Waals surface area (Å²) in [5.41, 5.74) is 4.62. The van der Waals surface area contributed by atoms with Crippen LogP contribution in [0.2, 0.25) is 0 Å². The number of nitrogens with zero attached hydrogens (tertiary/aromatic N) is 2. The Bertz CT molecular complexity index is 415. The van der Waals surface area contributed by atoms with Crippen LogP contribution >= 0.6 is 0 Å². The first-order valence-electron chi connectivity index (χ1n) is 4.61. The highest BCUT2D eigenvalue weighted by atomic mass is 14.7. The summed E-state index contributed by atoms with van der Waals surface area (Å²) in [5.74, 6) is 0. The molecule has 2 heteroatoms. The first-order chi connectivity index (χ1) is 6.79. The van der Waals surface area contributed by atoms with Crippen LogP contribution in [-0.2, 0) is 0 Å². The summed E-state index contributed by atoms with van der Waals surface area (Å²) >= 11 is 0. The van der Waals surface area contributed by atoms with Gasteiger partial charge in [-0.15, -0.1) is 0 Å². The van der Waals surface area contributed by atoms with Gasteiger partial charge in [-0.05, 0) is 31.5 Å². The molecule has 0 saturated heterocycles. The largest absolute Gasteiger partial charge is 0.264 e. The van der Waals surface area contributed by atoms with Crippen molar-refractivity contribution < 1.29 is 0 Å². The minimum Gasteiger partial charge on any atom is -0.264 e. The molecule has 0 aliphatic heterocycles. The molecule has 14 heavy (non-hydrogen) atoms. The quantitative estimate of drug-likeness (QED) is 0.681. The molecule has 0 N–H and O–H groups in total. The lowest BCUT2D eigenvalue weighted by molar-refractivity contribution is 1.17. The number of rotatable bonds is 1. The molecule has 2 aromatic rings.